The van der Waals surface area contributed by atoms with Gasteiger partial charge in [-0.1, -0.05) is 17.7 Å². The lowest BCUT2D eigenvalue weighted by Gasteiger charge is -2.22. The highest BCUT2D eigenvalue weighted by Gasteiger charge is 2.21. The molecule has 0 aliphatic heterocycles. The third kappa shape index (κ3) is 3.66. The van der Waals surface area contributed by atoms with E-state index in [0.717, 1.165) is 22.0 Å². The van der Waals surface area contributed by atoms with Gasteiger partial charge in [0, 0.05) is 16.5 Å². The van der Waals surface area contributed by atoms with Crippen molar-refractivity contribution in [2.24, 2.45) is 0 Å². The Morgan fingerprint density at radius 2 is 2.00 bits per heavy atom. The molecule has 5 aromatic rings. The minimum Gasteiger partial charge on any atom is -0.497 e. The second kappa shape index (κ2) is 8.14. The molecule has 2 aromatic carbocycles. The minimum atomic E-state index is -0.143. The summed E-state index contributed by atoms with van der Waals surface area (Å²) in [5.74, 6) is 1.17. The second-order valence-corrected chi connectivity index (χ2v) is 7.62. The maximum atomic E-state index is 13.5. The Bertz CT molecular complexity index is 1410. The Morgan fingerprint density at radius 1 is 1.09 bits per heavy atom. The molecule has 1 amide bonds. The summed E-state index contributed by atoms with van der Waals surface area (Å²) in [6.07, 6.45) is 1.60. The van der Waals surface area contributed by atoms with E-state index >= 15 is 0 Å². The molecule has 0 aliphatic carbocycles. The van der Waals surface area contributed by atoms with E-state index in [2.05, 4.69) is 21.6 Å². The molecule has 0 N–H and O–H groups in total. The Labute approximate surface area is 184 Å². The van der Waals surface area contributed by atoms with Crippen LogP contribution in [0, 0.1) is 6.92 Å². The molecule has 0 unspecified atom stereocenters. The van der Waals surface area contributed by atoms with Crippen LogP contribution >= 0.6 is 0 Å². The van der Waals surface area contributed by atoms with E-state index in [1.165, 1.54) is 0 Å². The summed E-state index contributed by atoms with van der Waals surface area (Å²) in [4.78, 5) is 15.2. The number of fused-ring (bicyclic) bond motifs is 3. The van der Waals surface area contributed by atoms with E-state index in [4.69, 9.17) is 9.15 Å². The number of tetrazole rings is 1. The van der Waals surface area contributed by atoms with Gasteiger partial charge < -0.3 is 14.1 Å². The first-order valence-electron chi connectivity index (χ1n) is 10.2. The number of benzene rings is 2. The molecule has 0 atom stereocenters. The van der Waals surface area contributed by atoms with Gasteiger partial charge in [0.1, 0.15) is 11.5 Å². The van der Waals surface area contributed by atoms with Crippen LogP contribution in [-0.4, -0.2) is 38.0 Å². The molecule has 3 aromatic heterocycles. The maximum absolute atomic E-state index is 13.5. The van der Waals surface area contributed by atoms with Crippen molar-refractivity contribution >= 4 is 22.5 Å². The van der Waals surface area contributed by atoms with Gasteiger partial charge in [-0.3, -0.25) is 4.79 Å². The van der Waals surface area contributed by atoms with Crippen LogP contribution < -0.4 is 4.74 Å². The monoisotopic (exact) mass is 427 g/mol. The molecule has 3 heterocycles. The van der Waals surface area contributed by atoms with Crippen LogP contribution in [0.1, 0.15) is 27.2 Å². The predicted molar refractivity (Wildman–Crippen MR) is 118 cm³/mol. The van der Waals surface area contributed by atoms with Gasteiger partial charge in [-0.15, -0.1) is 5.10 Å². The first kappa shape index (κ1) is 19.7. The van der Waals surface area contributed by atoms with Gasteiger partial charge in [-0.2, -0.15) is 4.52 Å². The smallest absolute Gasteiger partial charge is 0.254 e. The molecule has 0 saturated heterocycles. The Kier molecular flexibility index (Phi) is 5.03. The van der Waals surface area contributed by atoms with E-state index in [-0.39, 0.29) is 5.91 Å². The fourth-order valence-electron chi connectivity index (χ4n) is 3.84. The van der Waals surface area contributed by atoms with Crippen molar-refractivity contribution in [1.29, 1.82) is 0 Å². The fourth-order valence-corrected chi connectivity index (χ4v) is 3.84. The molecule has 0 radical (unpaired) electrons. The normalized spacial score (nSPS) is 11.2. The van der Waals surface area contributed by atoms with Crippen LogP contribution in [0.2, 0.25) is 0 Å². The molecule has 8 nitrogen and oxygen atoms in total. The van der Waals surface area contributed by atoms with Crippen molar-refractivity contribution in [3.63, 3.8) is 0 Å². The number of hydrogen-bond donors (Lipinski definition) is 0. The number of carbonyl (C=O) groups is 1. The standard InChI is InChI=1S/C24H21N5O3/c1-16-8-9-22-18(11-16)12-19(23-25-26-27-29(22)23)14-28(15-21-7-4-10-32-21)24(30)17-5-3-6-20(13-17)31-2/h3-13H,14-15H2,1-2H3. The lowest BCUT2D eigenvalue weighted by Crippen LogP contribution is -2.30. The number of carbonyl (C=O) groups excluding carboxylic acids is 1. The van der Waals surface area contributed by atoms with Crippen molar-refractivity contribution in [2.75, 3.05) is 7.11 Å². The molecule has 0 bridgehead atoms. The highest BCUT2D eigenvalue weighted by atomic mass is 16.5. The van der Waals surface area contributed by atoms with E-state index in [0.29, 0.717) is 35.8 Å². The fraction of sp³-hybridized carbons (Fsp3) is 0.167. The van der Waals surface area contributed by atoms with Gasteiger partial charge in [0.2, 0.25) is 0 Å². The topological polar surface area (TPSA) is 85.8 Å². The van der Waals surface area contributed by atoms with Crippen LogP contribution in [0.4, 0.5) is 0 Å². The molecule has 8 heteroatoms. The molecule has 0 fully saturated rings. The van der Waals surface area contributed by atoms with Gasteiger partial charge in [0.25, 0.3) is 5.91 Å². The van der Waals surface area contributed by atoms with E-state index in [1.807, 2.05) is 43.3 Å². The largest absolute Gasteiger partial charge is 0.497 e. The molecular formula is C24H21N5O3. The van der Waals surface area contributed by atoms with Gasteiger partial charge in [-0.05, 0) is 65.9 Å². The van der Waals surface area contributed by atoms with Crippen LogP contribution in [-0.2, 0) is 13.1 Å². The van der Waals surface area contributed by atoms with Gasteiger partial charge >= 0.3 is 0 Å². The third-order valence-electron chi connectivity index (χ3n) is 5.39. The highest BCUT2D eigenvalue weighted by molar-refractivity contribution is 5.94. The molecule has 0 aliphatic rings. The lowest BCUT2D eigenvalue weighted by atomic mass is 10.1. The van der Waals surface area contributed by atoms with Gasteiger partial charge in [-0.25, -0.2) is 0 Å². The Hall–Kier alpha value is -4.20. The summed E-state index contributed by atoms with van der Waals surface area (Å²) in [6, 6.07) is 18.9. The molecule has 5 rings (SSSR count). The van der Waals surface area contributed by atoms with Gasteiger partial charge in [0.15, 0.2) is 5.65 Å². The predicted octanol–water partition coefficient (Wildman–Crippen LogP) is 4.03. The number of amides is 1. The summed E-state index contributed by atoms with van der Waals surface area (Å²) in [7, 11) is 1.58. The summed E-state index contributed by atoms with van der Waals surface area (Å²) < 4.78 is 12.5. The van der Waals surface area contributed by atoms with Crippen molar-refractivity contribution in [3.8, 4) is 5.75 Å². The summed E-state index contributed by atoms with van der Waals surface area (Å²) >= 11 is 0. The molecular weight excluding hydrogens is 406 g/mol. The van der Waals surface area contributed by atoms with E-state index < -0.39 is 0 Å². The zero-order chi connectivity index (χ0) is 22.1. The Balaban J connectivity index is 1.58. The van der Waals surface area contributed by atoms with Crippen LogP contribution in [0.5, 0.6) is 5.75 Å². The maximum Gasteiger partial charge on any atom is 0.254 e. The number of hydrogen-bond acceptors (Lipinski definition) is 6. The number of nitrogens with zero attached hydrogens (tertiary/aromatic N) is 5. The van der Waals surface area contributed by atoms with Crippen molar-refractivity contribution in [2.45, 2.75) is 20.0 Å². The number of aromatic nitrogens is 4. The number of rotatable bonds is 6. The summed E-state index contributed by atoms with van der Waals surface area (Å²) in [5.41, 5.74) is 4.04. The third-order valence-corrected chi connectivity index (χ3v) is 5.39. The molecule has 0 spiro atoms. The summed E-state index contributed by atoms with van der Waals surface area (Å²) in [5, 5.41) is 13.3. The molecule has 160 valence electrons. The van der Waals surface area contributed by atoms with E-state index in [9.17, 15) is 4.79 Å². The first-order valence-corrected chi connectivity index (χ1v) is 10.2. The first-order chi connectivity index (χ1) is 15.6. The minimum absolute atomic E-state index is 0.143. The van der Waals surface area contributed by atoms with Crippen molar-refractivity contribution < 1.29 is 13.9 Å². The van der Waals surface area contributed by atoms with Crippen molar-refractivity contribution in [3.05, 3.63) is 89.4 Å². The van der Waals surface area contributed by atoms with Crippen LogP contribution in [0.25, 0.3) is 16.6 Å². The molecule has 32 heavy (non-hydrogen) atoms. The van der Waals surface area contributed by atoms with Crippen LogP contribution in [0.3, 0.4) is 0 Å². The average molecular weight is 427 g/mol. The number of methoxy groups -OCH3 is 1. The zero-order valence-corrected chi connectivity index (χ0v) is 17.7. The number of furan rings is 1. The van der Waals surface area contributed by atoms with Crippen molar-refractivity contribution in [1.82, 2.24) is 24.9 Å². The number of ether oxygens (including phenoxy) is 1. The molecule has 0 saturated carbocycles. The highest BCUT2D eigenvalue weighted by Crippen LogP contribution is 2.24. The SMILES string of the molecule is COc1cccc(C(=O)N(Cc2ccco2)Cc2cc3cc(C)ccc3n3nnnc23)c1. The van der Waals surface area contributed by atoms with E-state index in [1.54, 1.807) is 41.0 Å². The summed E-state index contributed by atoms with van der Waals surface area (Å²) in [6.45, 7) is 2.66. The Morgan fingerprint density at radius 3 is 2.81 bits per heavy atom. The van der Waals surface area contributed by atoms with Crippen LogP contribution in [0.15, 0.2) is 71.3 Å². The quantitative estimate of drug-likeness (QED) is 0.407. The number of pyridine rings is 1. The average Bonchev–Trinajstić information content (AvgIpc) is 3.50. The lowest BCUT2D eigenvalue weighted by molar-refractivity contribution is 0.0718. The zero-order valence-electron chi connectivity index (χ0n) is 17.7. The number of aryl methyl sites for hydroxylation is 1. The van der Waals surface area contributed by atoms with Gasteiger partial charge in [0.05, 0.1) is 32.0 Å². The second-order valence-electron chi connectivity index (χ2n) is 7.62.